The molecular weight excluding hydrogens is 320 g/mol. The van der Waals surface area contributed by atoms with E-state index < -0.39 is 27.3 Å². The van der Waals surface area contributed by atoms with Crippen LogP contribution < -0.4 is 5.73 Å². The zero-order chi connectivity index (χ0) is 15.7. The predicted octanol–water partition coefficient (Wildman–Crippen LogP) is 3.03. The number of aromatic nitrogens is 2. The van der Waals surface area contributed by atoms with E-state index >= 15 is 0 Å². The molecule has 0 fully saturated rings. The molecule has 0 saturated carbocycles. The van der Waals surface area contributed by atoms with Gasteiger partial charge in [0.15, 0.2) is 0 Å². The van der Waals surface area contributed by atoms with Crippen LogP contribution in [0.25, 0.3) is 0 Å². The van der Waals surface area contributed by atoms with Crippen LogP contribution in [0.4, 0.5) is 14.5 Å². The molecule has 1 aromatic carbocycles. The minimum Gasteiger partial charge on any atom is -0.399 e. The Hall–Kier alpha value is -1.47. The number of nitrogens with two attached hydrogens (primary N) is 1. The van der Waals surface area contributed by atoms with Crippen LogP contribution in [-0.2, 0) is 23.1 Å². The molecule has 21 heavy (non-hydrogen) atoms. The Morgan fingerprint density at radius 1 is 1.38 bits per heavy atom. The van der Waals surface area contributed by atoms with Crippen LogP contribution >= 0.6 is 11.6 Å². The molecule has 4 nitrogen and oxygen atoms in total. The first-order chi connectivity index (χ1) is 9.85. The fourth-order valence-corrected chi connectivity index (χ4v) is 3.52. The molecule has 2 N–H and O–H groups in total. The summed E-state index contributed by atoms with van der Waals surface area (Å²) >= 11 is 6.10. The zero-order valence-electron chi connectivity index (χ0n) is 11.5. The minimum absolute atomic E-state index is 0.0572. The zero-order valence-corrected chi connectivity index (χ0v) is 13.1. The van der Waals surface area contributed by atoms with E-state index in [1.807, 2.05) is 6.92 Å². The lowest BCUT2D eigenvalue weighted by Crippen LogP contribution is -2.09. The summed E-state index contributed by atoms with van der Waals surface area (Å²) in [6.07, 6.45) is 0. The van der Waals surface area contributed by atoms with Crippen molar-refractivity contribution in [3.8, 4) is 0 Å². The number of nitrogens with zero attached hydrogens (tertiary/aromatic N) is 2. The number of halogens is 3. The van der Waals surface area contributed by atoms with Crippen LogP contribution in [-0.4, -0.2) is 14.0 Å². The summed E-state index contributed by atoms with van der Waals surface area (Å²) in [5, 5.41) is 4.54. The smallest absolute Gasteiger partial charge is 0.144 e. The number of hydrogen-bond acceptors (Lipinski definition) is 3. The van der Waals surface area contributed by atoms with Gasteiger partial charge in [-0.1, -0.05) is 11.6 Å². The first-order valence-electron chi connectivity index (χ1n) is 6.19. The Kier molecular flexibility index (Phi) is 4.63. The van der Waals surface area contributed by atoms with E-state index in [9.17, 15) is 13.0 Å². The van der Waals surface area contributed by atoms with Gasteiger partial charge in [-0.25, -0.2) is 8.78 Å². The maximum Gasteiger partial charge on any atom is 0.144 e. The second kappa shape index (κ2) is 6.11. The summed E-state index contributed by atoms with van der Waals surface area (Å²) in [4.78, 5) is -0.498. The number of hydrogen-bond donors (Lipinski definition) is 1. The van der Waals surface area contributed by atoms with Crippen molar-refractivity contribution >= 4 is 28.1 Å². The third-order valence-corrected chi connectivity index (χ3v) is 4.84. The highest BCUT2D eigenvalue weighted by molar-refractivity contribution is 7.84. The second-order valence-electron chi connectivity index (χ2n) is 4.47. The standard InChI is InChI=1S/C13H14ClF2N3OS/c1-3-19-11(12(14)7(2)18-19)6-21(20)13-9(15)4-8(17)5-10(13)16/h4-5H,3,6,17H2,1-2H3. The van der Waals surface area contributed by atoms with Gasteiger partial charge in [0, 0.05) is 12.2 Å². The van der Waals surface area contributed by atoms with Crippen molar-refractivity contribution in [2.75, 3.05) is 5.73 Å². The van der Waals surface area contributed by atoms with Crippen LogP contribution in [0.3, 0.4) is 0 Å². The van der Waals surface area contributed by atoms with Crippen molar-refractivity contribution in [1.82, 2.24) is 9.78 Å². The van der Waals surface area contributed by atoms with Crippen molar-refractivity contribution in [2.24, 2.45) is 0 Å². The highest BCUT2D eigenvalue weighted by Gasteiger charge is 2.21. The average molecular weight is 334 g/mol. The fraction of sp³-hybridized carbons (Fsp3) is 0.308. The number of rotatable bonds is 4. The largest absolute Gasteiger partial charge is 0.399 e. The Morgan fingerprint density at radius 2 is 1.95 bits per heavy atom. The normalized spacial score (nSPS) is 12.6. The second-order valence-corrected chi connectivity index (χ2v) is 6.23. The quantitative estimate of drug-likeness (QED) is 0.875. The maximum absolute atomic E-state index is 13.8. The van der Waals surface area contributed by atoms with Gasteiger partial charge in [0.05, 0.1) is 33.0 Å². The maximum atomic E-state index is 13.8. The highest BCUT2D eigenvalue weighted by atomic mass is 35.5. The summed E-state index contributed by atoms with van der Waals surface area (Å²) in [5.74, 6) is -1.98. The topological polar surface area (TPSA) is 60.9 Å². The molecule has 0 saturated heterocycles. The van der Waals surface area contributed by atoms with Gasteiger partial charge in [-0.2, -0.15) is 5.10 Å². The molecule has 0 aliphatic heterocycles. The van der Waals surface area contributed by atoms with Gasteiger partial charge < -0.3 is 5.73 Å². The first kappa shape index (κ1) is 15.9. The van der Waals surface area contributed by atoms with Crippen molar-refractivity contribution in [2.45, 2.75) is 31.0 Å². The summed E-state index contributed by atoms with van der Waals surface area (Å²) in [6, 6.07) is 1.89. The van der Waals surface area contributed by atoms with E-state index in [0.29, 0.717) is 23.0 Å². The Bertz CT molecular complexity index is 695. The fourth-order valence-electron chi connectivity index (χ4n) is 2.00. The SMILES string of the molecule is CCn1nc(C)c(Cl)c1CS(=O)c1c(F)cc(N)cc1F. The van der Waals surface area contributed by atoms with Gasteiger partial charge >= 0.3 is 0 Å². The minimum atomic E-state index is -1.93. The molecule has 2 rings (SSSR count). The molecule has 8 heteroatoms. The molecule has 0 spiro atoms. The molecule has 1 unspecified atom stereocenters. The molecule has 0 radical (unpaired) electrons. The number of anilines is 1. The monoisotopic (exact) mass is 333 g/mol. The first-order valence-corrected chi connectivity index (χ1v) is 7.89. The van der Waals surface area contributed by atoms with Gasteiger partial charge in [0.25, 0.3) is 0 Å². The van der Waals surface area contributed by atoms with Crippen molar-refractivity contribution < 1.29 is 13.0 Å². The van der Waals surface area contributed by atoms with E-state index in [0.717, 1.165) is 12.1 Å². The van der Waals surface area contributed by atoms with Crippen LogP contribution in [0.15, 0.2) is 17.0 Å². The lowest BCUT2D eigenvalue weighted by Gasteiger charge is -2.08. The number of nitrogen functional groups attached to an aromatic ring is 1. The van der Waals surface area contributed by atoms with Crippen LogP contribution in [0.2, 0.25) is 5.02 Å². The number of benzene rings is 1. The average Bonchev–Trinajstić information content (AvgIpc) is 2.65. The lowest BCUT2D eigenvalue weighted by molar-refractivity contribution is 0.535. The molecule has 114 valence electrons. The molecular formula is C13H14ClF2N3OS. The highest BCUT2D eigenvalue weighted by Crippen LogP contribution is 2.26. The van der Waals surface area contributed by atoms with E-state index in [2.05, 4.69) is 5.10 Å². The van der Waals surface area contributed by atoms with Gasteiger partial charge in [-0.05, 0) is 26.0 Å². The van der Waals surface area contributed by atoms with Crippen LogP contribution in [0, 0.1) is 18.6 Å². The van der Waals surface area contributed by atoms with E-state index in [-0.39, 0.29) is 11.4 Å². The molecule has 1 aromatic heterocycles. The third-order valence-electron chi connectivity index (χ3n) is 2.97. The molecule has 0 aliphatic carbocycles. The van der Waals surface area contributed by atoms with Crippen LogP contribution in [0.5, 0.6) is 0 Å². The molecule has 0 bridgehead atoms. The predicted molar refractivity (Wildman–Crippen MR) is 78.5 cm³/mol. The molecule has 2 aromatic rings. The lowest BCUT2D eigenvalue weighted by atomic mass is 10.3. The van der Waals surface area contributed by atoms with Gasteiger partial charge in [-0.3, -0.25) is 8.89 Å². The van der Waals surface area contributed by atoms with Gasteiger partial charge in [-0.15, -0.1) is 0 Å². The third kappa shape index (κ3) is 3.08. The van der Waals surface area contributed by atoms with Crippen molar-refractivity contribution in [3.63, 3.8) is 0 Å². The summed E-state index contributed by atoms with van der Waals surface area (Å²) in [5.41, 5.74) is 6.36. The van der Waals surface area contributed by atoms with E-state index in [1.165, 1.54) is 0 Å². The number of aryl methyl sites for hydroxylation is 2. The summed E-state index contributed by atoms with van der Waals surface area (Å²) in [6.45, 7) is 4.08. The Labute approximate surface area is 128 Å². The van der Waals surface area contributed by atoms with Crippen LogP contribution in [0.1, 0.15) is 18.3 Å². The Morgan fingerprint density at radius 3 is 2.48 bits per heavy atom. The van der Waals surface area contributed by atoms with Gasteiger partial charge in [0.2, 0.25) is 0 Å². The molecule has 1 atom stereocenters. The van der Waals surface area contributed by atoms with Gasteiger partial charge in [0.1, 0.15) is 16.5 Å². The molecule has 1 heterocycles. The molecule has 0 aliphatic rings. The summed E-state index contributed by atoms with van der Waals surface area (Å²) < 4.78 is 41.4. The summed E-state index contributed by atoms with van der Waals surface area (Å²) in [7, 11) is -1.93. The van der Waals surface area contributed by atoms with Crippen molar-refractivity contribution in [1.29, 1.82) is 0 Å². The van der Waals surface area contributed by atoms with E-state index in [1.54, 1.807) is 11.6 Å². The van der Waals surface area contributed by atoms with E-state index in [4.69, 9.17) is 17.3 Å². The molecule has 0 amide bonds. The Balaban J connectivity index is 2.40. The van der Waals surface area contributed by atoms with Crippen molar-refractivity contribution in [3.05, 3.63) is 40.2 Å².